The zero-order valence-corrected chi connectivity index (χ0v) is 15.1. The van der Waals surface area contributed by atoms with Crippen molar-refractivity contribution in [2.45, 2.75) is 27.2 Å². The van der Waals surface area contributed by atoms with E-state index >= 15 is 0 Å². The normalized spacial score (nSPS) is 10.8. The van der Waals surface area contributed by atoms with E-state index in [-0.39, 0.29) is 5.91 Å². The first kappa shape index (κ1) is 17.7. The molecule has 1 N–H and O–H groups in total. The number of nitrogens with zero attached hydrogens (tertiary/aromatic N) is 3. The molecule has 6 heteroatoms. The molecule has 0 aliphatic carbocycles. The molecule has 0 fully saturated rings. The van der Waals surface area contributed by atoms with Crippen molar-refractivity contribution in [2.24, 2.45) is 5.92 Å². The maximum absolute atomic E-state index is 11.8. The predicted octanol–water partition coefficient (Wildman–Crippen LogP) is 4.35. The Morgan fingerprint density at radius 3 is 2.50 bits per heavy atom. The van der Waals surface area contributed by atoms with Crippen molar-refractivity contribution in [2.75, 3.05) is 5.32 Å². The number of ether oxygens (including phenoxy) is 1. The highest BCUT2D eigenvalue weighted by molar-refractivity contribution is 5.90. The van der Waals surface area contributed by atoms with Crippen molar-refractivity contribution in [1.82, 2.24) is 14.5 Å². The van der Waals surface area contributed by atoms with Crippen LogP contribution in [0.15, 0.2) is 54.9 Å². The maximum atomic E-state index is 11.8. The summed E-state index contributed by atoms with van der Waals surface area (Å²) in [6, 6.07) is 12.9. The zero-order valence-electron chi connectivity index (χ0n) is 15.1. The van der Waals surface area contributed by atoms with Gasteiger partial charge in [0.25, 0.3) is 0 Å². The molecule has 0 aliphatic rings. The molecule has 1 aromatic carbocycles. The Labute approximate surface area is 152 Å². The van der Waals surface area contributed by atoms with Gasteiger partial charge < -0.3 is 14.6 Å². The van der Waals surface area contributed by atoms with Crippen molar-refractivity contribution >= 4 is 11.6 Å². The Bertz CT molecular complexity index is 871. The van der Waals surface area contributed by atoms with E-state index in [1.54, 1.807) is 18.2 Å². The van der Waals surface area contributed by atoms with Crippen LogP contribution in [0.2, 0.25) is 0 Å². The SMILES string of the molecule is Cc1nc(Oc2ccc(NC(=O)CC(C)C)cc2)cc(-n2cccc2)n1. The lowest BCUT2D eigenvalue weighted by Gasteiger charge is -2.10. The zero-order chi connectivity index (χ0) is 18.5. The van der Waals surface area contributed by atoms with Gasteiger partial charge in [0, 0.05) is 30.6 Å². The summed E-state index contributed by atoms with van der Waals surface area (Å²) < 4.78 is 7.74. The third kappa shape index (κ3) is 4.69. The lowest BCUT2D eigenvalue weighted by molar-refractivity contribution is -0.116. The number of carbonyl (C=O) groups excluding carboxylic acids is 1. The summed E-state index contributed by atoms with van der Waals surface area (Å²) >= 11 is 0. The summed E-state index contributed by atoms with van der Waals surface area (Å²) in [4.78, 5) is 20.6. The van der Waals surface area contributed by atoms with E-state index < -0.39 is 0 Å². The second kappa shape index (κ2) is 7.82. The van der Waals surface area contributed by atoms with E-state index in [0.29, 0.717) is 29.8 Å². The van der Waals surface area contributed by atoms with Gasteiger partial charge in [0.2, 0.25) is 11.8 Å². The molecule has 6 nitrogen and oxygen atoms in total. The molecule has 3 rings (SSSR count). The number of benzene rings is 1. The van der Waals surface area contributed by atoms with E-state index in [1.165, 1.54) is 0 Å². The van der Waals surface area contributed by atoms with Crippen LogP contribution in [-0.2, 0) is 4.79 Å². The summed E-state index contributed by atoms with van der Waals surface area (Å²) in [7, 11) is 0. The van der Waals surface area contributed by atoms with Gasteiger partial charge in [-0.1, -0.05) is 13.8 Å². The average molecular weight is 350 g/mol. The van der Waals surface area contributed by atoms with E-state index in [0.717, 1.165) is 11.5 Å². The van der Waals surface area contributed by atoms with Crippen molar-refractivity contribution < 1.29 is 9.53 Å². The van der Waals surface area contributed by atoms with Gasteiger partial charge in [-0.25, -0.2) is 4.98 Å². The Kier molecular flexibility index (Phi) is 5.31. The van der Waals surface area contributed by atoms with Crippen LogP contribution in [0.3, 0.4) is 0 Å². The molecule has 3 aromatic rings. The number of aryl methyl sites for hydroxylation is 1. The van der Waals surface area contributed by atoms with Crippen LogP contribution in [0.5, 0.6) is 11.6 Å². The maximum Gasteiger partial charge on any atom is 0.224 e. The van der Waals surface area contributed by atoms with Gasteiger partial charge in [0.1, 0.15) is 17.4 Å². The predicted molar refractivity (Wildman–Crippen MR) is 101 cm³/mol. The molecule has 0 radical (unpaired) electrons. The second-order valence-corrected chi connectivity index (χ2v) is 6.47. The number of nitrogens with one attached hydrogen (secondary N) is 1. The Hall–Kier alpha value is -3.15. The van der Waals surface area contributed by atoms with Crippen LogP contribution in [-0.4, -0.2) is 20.4 Å². The van der Waals surface area contributed by atoms with Crippen molar-refractivity contribution in [3.8, 4) is 17.4 Å². The average Bonchev–Trinajstić information content (AvgIpc) is 3.10. The smallest absolute Gasteiger partial charge is 0.224 e. The number of hydrogen-bond donors (Lipinski definition) is 1. The van der Waals surface area contributed by atoms with Crippen molar-refractivity contribution in [3.05, 3.63) is 60.7 Å². The third-order valence-electron chi connectivity index (χ3n) is 3.62. The first-order chi connectivity index (χ1) is 12.5. The molecule has 0 aliphatic heterocycles. The molecule has 0 saturated heterocycles. The van der Waals surface area contributed by atoms with Crippen LogP contribution in [0.1, 0.15) is 26.1 Å². The van der Waals surface area contributed by atoms with Gasteiger partial charge in [-0.2, -0.15) is 4.98 Å². The highest BCUT2D eigenvalue weighted by Gasteiger charge is 2.07. The van der Waals surface area contributed by atoms with Crippen molar-refractivity contribution in [1.29, 1.82) is 0 Å². The van der Waals surface area contributed by atoms with Crippen LogP contribution in [0.25, 0.3) is 5.82 Å². The van der Waals surface area contributed by atoms with Crippen LogP contribution < -0.4 is 10.1 Å². The number of carbonyl (C=O) groups is 1. The fourth-order valence-corrected chi connectivity index (χ4v) is 2.51. The van der Waals surface area contributed by atoms with E-state index in [2.05, 4.69) is 15.3 Å². The van der Waals surface area contributed by atoms with Gasteiger partial charge in [-0.3, -0.25) is 4.79 Å². The summed E-state index contributed by atoms with van der Waals surface area (Å²) in [6.45, 7) is 5.86. The molecule has 0 unspecified atom stereocenters. The van der Waals surface area contributed by atoms with Crippen LogP contribution >= 0.6 is 0 Å². The van der Waals surface area contributed by atoms with Crippen molar-refractivity contribution in [3.63, 3.8) is 0 Å². The van der Waals surface area contributed by atoms with Gasteiger partial charge in [0.05, 0.1) is 0 Å². The summed E-state index contributed by atoms with van der Waals surface area (Å²) in [5.41, 5.74) is 0.745. The molecular formula is C20H22N4O2. The van der Waals surface area contributed by atoms with E-state index in [4.69, 9.17) is 4.74 Å². The number of anilines is 1. The van der Waals surface area contributed by atoms with Gasteiger partial charge >= 0.3 is 0 Å². The molecule has 2 aromatic heterocycles. The first-order valence-electron chi connectivity index (χ1n) is 8.56. The van der Waals surface area contributed by atoms with E-state index in [1.807, 2.05) is 62.0 Å². The Morgan fingerprint density at radius 2 is 1.85 bits per heavy atom. The monoisotopic (exact) mass is 350 g/mol. The molecule has 1 amide bonds. The molecule has 0 saturated carbocycles. The lowest BCUT2D eigenvalue weighted by atomic mass is 10.1. The van der Waals surface area contributed by atoms with Crippen LogP contribution in [0, 0.1) is 12.8 Å². The summed E-state index contributed by atoms with van der Waals surface area (Å²) in [5, 5.41) is 2.88. The number of amides is 1. The number of rotatable bonds is 6. The molecule has 0 spiro atoms. The Morgan fingerprint density at radius 1 is 1.15 bits per heavy atom. The Balaban J connectivity index is 1.70. The van der Waals surface area contributed by atoms with Gasteiger partial charge in [-0.05, 0) is 49.2 Å². The minimum absolute atomic E-state index is 0.0106. The quantitative estimate of drug-likeness (QED) is 0.717. The standard InChI is InChI=1S/C20H22N4O2/c1-14(2)12-19(25)23-16-6-8-17(9-7-16)26-20-13-18(21-15(3)22-20)24-10-4-5-11-24/h4-11,13-14H,12H2,1-3H3,(H,23,25). The minimum atomic E-state index is 0.0106. The topological polar surface area (TPSA) is 69.0 Å². The molecular weight excluding hydrogens is 328 g/mol. The van der Waals surface area contributed by atoms with Gasteiger partial charge in [-0.15, -0.1) is 0 Å². The first-order valence-corrected chi connectivity index (χ1v) is 8.56. The van der Waals surface area contributed by atoms with Gasteiger partial charge in [0.15, 0.2) is 0 Å². The fraction of sp³-hybridized carbons (Fsp3) is 0.250. The lowest BCUT2D eigenvalue weighted by Crippen LogP contribution is -2.13. The third-order valence-corrected chi connectivity index (χ3v) is 3.62. The highest BCUT2D eigenvalue weighted by atomic mass is 16.5. The summed E-state index contributed by atoms with van der Waals surface area (Å²) in [5.74, 6) is 2.82. The molecule has 134 valence electrons. The molecule has 2 heterocycles. The minimum Gasteiger partial charge on any atom is -0.439 e. The number of aromatic nitrogens is 3. The molecule has 0 atom stereocenters. The largest absolute Gasteiger partial charge is 0.439 e. The summed E-state index contributed by atoms with van der Waals surface area (Å²) in [6.07, 6.45) is 4.33. The molecule has 26 heavy (non-hydrogen) atoms. The van der Waals surface area contributed by atoms with E-state index in [9.17, 15) is 4.79 Å². The molecule has 0 bridgehead atoms. The van der Waals surface area contributed by atoms with Crippen LogP contribution in [0.4, 0.5) is 5.69 Å². The highest BCUT2D eigenvalue weighted by Crippen LogP contribution is 2.23. The second-order valence-electron chi connectivity index (χ2n) is 6.47. The number of hydrogen-bond acceptors (Lipinski definition) is 4. The fourth-order valence-electron chi connectivity index (χ4n) is 2.51.